The summed E-state index contributed by atoms with van der Waals surface area (Å²) in [5.74, 6) is -0.0735. The summed E-state index contributed by atoms with van der Waals surface area (Å²) < 4.78 is 0. The lowest BCUT2D eigenvalue weighted by atomic mass is 10.1. The minimum Gasteiger partial charge on any atom is -0.504 e. The van der Waals surface area contributed by atoms with Gasteiger partial charge in [0.1, 0.15) is 0 Å². The molecule has 0 radical (unpaired) electrons. The summed E-state index contributed by atoms with van der Waals surface area (Å²) in [5, 5.41) is 21.8. The van der Waals surface area contributed by atoms with E-state index in [4.69, 9.17) is 0 Å². The second-order valence-electron chi connectivity index (χ2n) is 3.38. The molecule has 1 aromatic carbocycles. The number of rotatable bonds is 0. The zero-order chi connectivity index (χ0) is 9.26. The van der Waals surface area contributed by atoms with E-state index in [-0.39, 0.29) is 11.5 Å². The molecule has 1 aliphatic heterocycles. The van der Waals surface area contributed by atoms with Crippen molar-refractivity contribution in [3.63, 3.8) is 0 Å². The molecule has 1 heterocycles. The van der Waals surface area contributed by atoms with Crippen LogP contribution >= 0.6 is 0 Å². The number of phenols is 2. The van der Waals surface area contributed by atoms with E-state index in [9.17, 15) is 10.2 Å². The zero-order valence-corrected chi connectivity index (χ0v) is 7.38. The number of hydrogen-bond acceptors (Lipinski definition) is 3. The highest BCUT2D eigenvalue weighted by Crippen LogP contribution is 2.33. The molecule has 3 N–H and O–H groups in total. The van der Waals surface area contributed by atoms with Crippen LogP contribution in [-0.4, -0.2) is 16.8 Å². The second kappa shape index (κ2) is 3.17. The van der Waals surface area contributed by atoms with Crippen LogP contribution in [0.4, 0.5) is 5.69 Å². The molecule has 3 nitrogen and oxygen atoms in total. The number of aromatic hydroxyl groups is 2. The smallest absolute Gasteiger partial charge is 0.159 e. The second-order valence-corrected chi connectivity index (χ2v) is 3.38. The predicted molar refractivity (Wildman–Crippen MR) is 51.2 cm³/mol. The Morgan fingerprint density at radius 1 is 1.08 bits per heavy atom. The number of anilines is 1. The van der Waals surface area contributed by atoms with E-state index in [0.717, 1.165) is 37.1 Å². The van der Waals surface area contributed by atoms with Crippen molar-refractivity contribution >= 4 is 5.69 Å². The maximum absolute atomic E-state index is 9.29. The average Bonchev–Trinajstić information content (AvgIpc) is 2.31. The number of hydrogen-bond donors (Lipinski definition) is 3. The molecule has 0 spiro atoms. The number of aryl methyl sites for hydroxylation is 1. The van der Waals surface area contributed by atoms with E-state index >= 15 is 0 Å². The Bertz CT molecular complexity index is 292. The van der Waals surface area contributed by atoms with Gasteiger partial charge in [-0.25, -0.2) is 0 Å². The van der Waals surface area contributed by atoms with Crippen LogP contribution in [0.1, 0.15) is 18.4 Å². The quantitative estimate of drug-likeness (QED) is 0.421. The topological polar surface area (TPSA) is 52.5 Å². The highest BCUT2D eigenvalue weighted by molar-refractivity contribution is 5.60. The van der Waals surface area contributed by atoms with Gasteiger partial charge in [0.15, 0.2) is 11.5 Å². The predicted octanol–water partition coefficient (Wildman–Crippen LogP) is 1.85. The van der Waals surface area contributed by atoms with Gasteiger partial charge in [-0.15, -0.1) is 0 Å². The lowest BCUT2D eigenvalue weighted by molar-refractivity contribution is 0.403. The molecule has 13 heavy (non-hydrogen) atoms. The van der Waals surface area contributed by atoms with Crippen LogP contribution in [-0.2, 0) is 6.42 Å². The molecule has 0 unspecified atom stereocenters. The van der Waals surface area contributed by atoms with Gasteiger partial charge in [0.25, 0.3) is 0 Å². The summed E-state index contributed by atoms with van der Waals surface area (Å²) >= 11 is 0. The third-order valence-corrected chi connectivity index (χ3v) is 2.39. The summed E-state index contributed by atoms with van der Waals surface area (Å²) in [4.78, 5) is 0. The number of phenolic OH excluding ortho intramolecular Hbond substituents is 2. The first-order valence-corrected chi connectivity index (χ1v) is 4.56. The van der Waals surface area contributed by atoms with Gasteiger partial charge in [-0.3, -0.25) is 0 Å². The molecule has 0 fully saturated rings. The Morgan fingerprint density at radius 2 is 1.85 bits per heavy atom. The first-order valence-electron chi connectivity index (χ1n) is 4.56. The standard InChI is InChI=1S/C10H13NO2/c12-9-5-7-3-1-2-4-11-8(7)6-10(9)13/h5-6,11-13H,1-4H2. The number of benzene rings is 1. The first kappa shape index (κ1) is 8.23. The van der Waals surface area contributed by atoms with Gasteiger partial charge in [0.2, 0.25) is 0 Å². The molecule has 0 atom stereocenters. The van der Waals surface area contributed by atoms with Crippen LogP contribution in [0.5, 0.6) is 11.5 Å². The van der Waals surface area contributed by atoms with Crippen LogP contribution in [0.15, 0.2) is 12.1 Å². The fourth-order valence-corrected chi connectivity index (χ4v) is 1.65. The lowest BCUT2D eigenvalue weighted by Gasteiger charge is -2.08. The molecule has 0 aromatic heterocycles. The number of fused-ring (bicyclic) bond motifs is 1. The third kappa shape index (κ3) is 1.54. The maximum Gasteiger partial charge on any atom is 0.159 e. The molecule has 1 aliphatic rings. The lowest BCUT2D eigenvalue weighted by Crippen LogP contribution is -1.98. The van der Waals surface area contributed by atoms with Crippen molar-refractivity contribution in [2.24, 2.45) is 0 Å². The van der Waals surface area contributed by atoms with Crippen LogP contribution in [0, 0.1) is 0 Å². The van der Waals surface area contributed by atoms with E-state index in [1.54, 1.807) is 12.1 Å². The Balaban J connectivity index is 2.43. The maximum atomic E-state index is 9.29. The van der Waals surface area contributed by atoms with Crippen molar-refractivity contribution in [2.45, 2.75) is 19.3 Å². The Kier molecular flexibility index (Phi) is 2.00. The highest BCUT2D eigenvalue weighted by Gasteiger charge is 2.10. The highest BCUT2D eigenvalue weighted by atomic mass is 16.3. The van der Waals surface area contributed by atoms with Crippen molar-refractivity contribution in [1.29, 1.82) is 0 Å². The molecule has 0 saturated carbocycles. The molecule has 0 bridgehead atoms. The van der Waals surface area contributed by atoms with Gasteiger partial charge in [-0.05, 0) is 30.9 Å². The molecule has 70 valence electrons. The van der Waals surface area contributed by atoms with E-state index in [1.807, 2.05) is 0 Å². The van der Waals surface area contributed by atoms with Gasteiger partial charge in [0.05, 0.1) is 0 Å². The molecule has 0 saturated heterocycles. The van der Waals surface area contributed by atoms with Crippen molar-refractivity contribution in [1.82, 2.24) is 0 Å². The van der Waals surface area contributed by atoms with Crippen molar-refractivity contribution in [3.8, 4) is 11.5 Å². The minimum absolute atomic E-state index is 0.0255. The zero-order valence-electron chi connectivity index (χ0n) is 7.38. The normalized spacial score (nSPS) is 15.7. The minimum atomic E-state index is -0.0480. The largest absolute Gasteiger partial charge is 0.504 e. The van der Waals surface area contributed by atoms with Crippen LogP contribution < -0.4 is 5.32 Å². The summed E-state index contributed by atoms with van der Waals surface area (Å²) in [6.07, 6.45) is 3.23. The van der Waals surface area contributed by atoms with Gasteiger partial charge in [-0.1, -0.05) is 0 Å². The van der Waals surface area contributed by atoms with E-state index < -0.39 is 0 Å². The average molecular weight is 179 g/mol. The molecular weight excluding hydrogens is 166 g/mol. The van der Waals surface area contributed by atoms with E-state index in [2.05, 4.69) is 5.32 Å². The SMILES string of the molecule is Oc1cc2c(cc1O)NCCCC2. The van der Waals surface area contributed by atoms with Crippen LogP contribution in [0.3, 0.4) is 0 Å². The van der Waals surface area contributed by atoms with Gasteiger partial charge >= 0.3 is 0 Å². The van der Waals surface area contributed by atoms with Crippen LogP contribution in [0.2, 0.25) is 0 Å². The fourth-order valence-electron chi connectivity index (χ4n) is 1.65. The van der Waals surface area contributed by atoms with E-state index in [1.165, 1.54) is 0 Å². The summed E-state index contributed by atoms with van der Waals surface area (Å²) in [7, 11) is 0. The molecular formula is C10H13NO2. The summed E-state index contributed by atoms with van der Waals surface area (Å²) in [5.41, 5.74) is 2.04. The van der Waals surface area contributed by atoms with Crippen molar-refractivity contribution in [3.05, 3.63) is 17.7 Å². The number of nitrogens with one attached hydrogen (secondary N) is 1. The Hall–Kier alpha value is -1.38. The molecule has 1 aromatic rings. The van der Waals surface area contributed by atoms with Gasteiger partial charge < -0.3 is 15.5 Å². The van der Waals surface area contributed by atoms with Crippen molar-refractivity contribution in [2.75, 3.05) is 11.9 Å². The van der Waals surface area contributed by atoms with Crippen LogP contribution in [0.25, 0.3) is 0 Å². The fraction of sp³-hybridized carbons (Fsp3) is 0.400. The van der Waals surface area contributed by atoms with E-state index in [0.29, 0.717) is 0 Å². The van der Waals surface area contributed by atoms with Gasteiger partial charge in [0, 0.05) is 18.3 Å². The molecule has 2 rings (SSSR count). The summed E-state index contributed by atoms with van der Waals surface area (Å²) in [6.45, 7) is 0.942. The third-order valence-electron chi connectivity index (χ3n) is 2.39. The van der Waals surface area contributed by atoms with Gasteiger partial charge in [-0.2, -0.15) is 0 Å². The Morgan fingerprint density at radius 3 is 2.69 bits per heavy atom. The summed E-state index contributed by atoms with van der Waals surface area (Å²) in [6, 6.07) is 3.24. The van der Waals surface area contributed by atoms with Crippen molar-refractivity contribution < 1.29 is 10.2 Å². The first-order chi connectivity index (χ1) is 6.27. The molecule has 0 aliphatic carbocycles. The Labute approximate surface area is 77.0 Å². The molecule has 0 amide bonds. The molecule has 3 heteroatoms. The monoisotopic (exact) mass is 179 g/mol.